The van der Waals surface area contributed by atoms with Gasteiger partial charge in [-0.2, -0.15) is 0 Å². The predicted octanol–water partition coefficient (Wildman–Crippen LogP) is 2.06. The molecule has 0 spiro atoms. The molecule has 0 bridgehead atoms. The van der Waals surface area contributed by atoms with Gasteiger partial charge in [0.15, 0.2) is 0 Å². The minimum Gasteiger partial charge on any atom is -0.383 e. The average Bonchev–Trinajstić information content (AvgIpc) is 2.77. The summed E-state index contributed by atoms with van der Waals surface area (Å²) in [4.78, 5) is 5.00. The van der Waals surface area contributed by atoms with Crippen LogP contribution in [0.3, 0.4) is 0 Å². The van der Waals surface area contributed by atoms with E-state index in [-0.39, 0.29) is 0 Å². The second-order valence-electron chi connectivity index (χ2n) is 9.01. The fourth-order valence-electron chi connectivity index (χ4n) is 4.86. The molecule has 1 fully saturated rings. The van der Waals surface area contributed by atoms with E-state index < -0.39 is 0 Å². The first-order valence-corrected chi connectivity index (χ1v) is 12.1. The maximum atomic E-state index is 3.75. The zero-order chi connectivity index (χ0) is 21.3. The van der Waals surface area contributed by atoms with Crippen LogP contribution in [0, 0.1) is 0 Å². The van der Waals surface area contributed by atoms with Crippen LogP contribution in [0.4, 0.5) is 5.69 Å². The standard InChI is InChI=1S/C25H40N6/c1-30-19-21-5-2-6-23-24(8-7-22(20-30)25(21)23)29-15-18-31-16-4-11-27-13-12-26-9-3-10-28-14-17-31/h2,5-8,26-29H,3-4,9-20H2,1H3. The SMILES string of the molecule is CN1Cc2cccc3c(NCCN4CCCNCCNCCCNCC4)ccc(c23)C1. The molecule has 2 aliphatic rings. The summed E-state index contributed by atoms with van der Waals surface area (Å²) in [5, 5.41) is 17.3. The van der Waals surface area contributed by atoms with E-state index >= 15 is 0 Å². The maximum Gasteiger partial charge on any atom is 0.0420 e. The number of nitrogens with one attached hydrogen (secondary N) is 4. The van der Waals surface area contributed by atoms with Crippen molar-refractivity contribution in [3.8, 4) is 0 Å². The van der Waals surface area contributed by atoms with Crippen LogP contribution in [0.2, 0.25) is 0 Å². The van der Waals surface area contributed by atoms with Gasteiger partial charge in [0.25, 0.3) is 0 Å². The van der Waals surface area contributed by atoms with Gasteiger partial charge in [-0.1, -0.05) is 24.3 Å². The van der Waals surface area contributed by atoms with Gasteiger partial charge in [-0.3, -0.25) is 4.90 Å². The molecule has 0 aliphatic carbocycles. The highest BCUT2D eigenvalue weighted by Gasteiger charge is 2.17. The fraction of sp³-hybridized carbons (Fsp3) is 0.600. The Morgan fingerprint density at radius 3 is 2.39 bits per heavy atom. The lowest BCUT2D eigenvalue weighted by Crippen LogP contribution is -2.38. The van der Waals surface area contributed by atoms with Crippen LogP contribution in [0.25, 0.3) is 10.8 Å². The minimum atomic E-state index is 0.982. The van der Waals surface area contributed by atoms with E-state index in [1.54, 1.807) is 0 Å². The van der Waals surface area contributed by atoms with Crippen molar-refractivity contribution in [3.63, 3.8) is 0 Å². The Labute approximate surface area is 187 Å². The fourth-order valence-corrected chi connectivity index (χ4v) is 4.86. The summed E-state index contributed by atoms with van der Waals surface area (Å²) in [5.41, 5.74) is 4.18. The molecule has 1 saturated heterocycles. The van der Waals surface area contributed by atoms with Crippen LogP contribution >= 0.6 is 0 Å². The Hall–Kier alpha value is -1.70. The van der Waals surface area contributed by atoms with E-state index in [1.807, 2.05) is 0 Å². The van der Waals surface area contributed by atoms with Crippen LogP contribution in [-0.2, 0) is 13.1 Å². The number of hydrogen-bond acceptors (Lipinski definition) is 6. The second-order valence-corrected chi connectivity index (χ2v) is 9.01. The minimum absolute atomic E-state index is 0.982. The first kappa shape index (κ1) is 22.5. The van der Waals surface area contributed by atoms with Gasteiger partial charge in [0, 0.05) is 63.4 Å². The van der Waals surface area contributed by atoms with E-state index in [0.29, 0.717) is 0 Å². The van der Waals surface area contributed by atoms with Gasteiger partial charge < -0.3 is 26.2 Å². The smallest absolute Gasteiger partial charge is 0.0420 e. The van der Waals surface area contributed by atoms with E-state index in [9.17, 15) is 0 Å². The average molecular weight is 425 g/mol. The quantitative estimate of drug-likeness (QED) is 0.603. The number of anilines is 1. The first-order valence-electron chi connectivity index (χ1n) is 12.1. The molecule has 2 aromatic rings. The highest BCUT2D eigenvalue weighted by atomic mass is 15.2. The summed E-state index contributed by atoms with van der Waals surface area (Å²) in [6.07, 6.45) is 2.40. The molecular formula is C25H40N6. The Morgan fingerprint density at radius 1 is 0.806 bits per heavy atom. The van der Waals surface area contributed by atoms with Crippen molar-refractivity contribution in [2.45, 2.75) is 25.9 Å². The topological polar surface area (TPSA) is 54.6 Å². The summed E-state index contributed by atoms with van der Waals surface area (Å²) in [6.45, 7) is 12.9. The van der Waals surface area contributed by atoms with Crippen molar-refractivity contribution >= 4 is 16.5 Å². The van der Waals surface area contributed by atoms with Gasteiger partial charge in [-0.15, -0.1) is 0 Å². The van der Waals surface area contributed by atoms with Crippen molar-refractivity contribution in [3.05, 3.63) is 41.5 Å². The van der Waals surface area contributed by atoms with E-state index in [2.05, 4.69) is 68.4 Å². The predicted molar refractivity (Wildman–Crippen MR) is 132 cm³/mol. The highest BCUT2D eigenvalue weighted by Crippen LogP contribution is 2.33. The van der Waals surface area contributed by atoms with Crippen LogP contribution in [0.1, 0.15) is 24.0 Å². The zero-order valence-corrected chi connectivity index (χ0v) is 19.2. The lowest BCUT2D eigenvalue weighted by molar-refractivity contribution is 0.277. The van der Waals surface area contributed by atoms with E-state index in [0.717, 1.165) is 78.5 Å². The summed E-state index contributed by atoms with van der Waals surface area (Å²) in [6, 6.07) is 11.4. The van der Waals surface area contributed by atoms with Crippen molar-refractivity contribution < 1.29 is 0 Å². The van der Waals surface area contributed by atoms with E-state index in [1.165, 1.54) is 40.4 Å². The van der Waals surface area contributed by atoms with Crippen molar-refractivity contribution in [1.29, 1.82) is 0 Å². The summed E-state index contributed by atoms with van der Waals surface area (Å²) < 4.78 is 0. The molecule has 4 N–H and O–H groups in total. The highest BCUT2D eigenvalue weighted by molar-refractivity contribution is 5.98. The number of benzene rings is 2. The van der Waals surface area contributed by atoms with Crippen molar-refractivity contribution in [2.24, 2.45) is 0 Å². The van der Waals surface area contributed by atoms with Gasteiger partial charge >= 0.3 is 0 Å². The first-order chi connectivity index (χ1) is 15.3. The summed E-state index contributed by atoms with van der Waals surface area (Å²) in [7, 11) is 2.20. The van der Waals surface area contributed by atoms with Crippen molar-refractivity contribution in [1.82, 2.24) is 25.8 Å². The van der Waals surface area contributed by atoms with E-state index in [4.69, 9.17) is 0 Å². The summed E-state index contributed by atoms with van der Waals surface area (Å²) in [5.74, 6) is 0. The molecule has 0 aromatic heterocycles. The number of rotatable bonds is 4. The van der Waals surface area contributed by atoms with Crippen LogP contribution in [0.5, 0.6) is 0 Å². The molecule has 6 nitrogen and oxygen atoms in total. The third kappa shape index (κ3) is 6.40. The van der Waals surface area contributed by atoms with Crippen LogP contribution in [-0.4, -0.2) is 82.3 Å². The molecule has 0 radical (unpaired) electrons. The van der Waals surface area contributed by atoms with Gasteiger partial charge in [0.1, 0.15) is 0 Å². The maximum absolute atomic E-state index is 3.75. The van der Waals surface area contributed by atoms with Crippen LogP contribution in [0.15, 0.2) is 30.3 Å². The Morgan fingerprint density at radius 2 is 1.55 bits per heavy atom. The molecule has 2 aromatic carbocycles. The largest absolute Gasteiger partial charge is 0.383 e. The third-order valence-corrected chi connectivity index (χ3v) is 6.46. The Kier molecular flexibility index (Phi) is 8.55. The number of hydrogen-bond donors (Lipinski definition) is 4. The summed E-state index contributed by atoms with van der Waals surface area (Å²) >= 11 is 0. The molecule has 0 unspecified atom stereocenters. The molecule has 0 saturated carbocycles. The molecule has 170 valence electrons. The molecule has 2 heterocycles. The number of nitrogens with zero attached hydrogens (tertiary/aromatic N) is 2. The molecule has 0 atom stereocenters. The van der Waals surface area contributed by atoms with Gasteiger partial charge in [0.2, 0.25) is 0 Å². The lowest BCUT2D eigenvalue weighted by atomic mass is 9.94. The molecule has 4 rings (SSSR count). The third-order valence-electron chi connectivity index (χ3n) is 6.46. The lowest BCUT2D eigenvalue weighted by Gasteiger charge is -2.27. The Balaban J connectivity index is 1.33. The van der Waals surface area contributed by atoms with Gasteiger partial charge in [-0.05, 0) is 68.6 Å². The molecule has 0 amide bonds. The monoisotopic (exact) mass is 424 g/mol. The second kappa shape index (κ2) is 11.8. The zero-order valence-electron chi connectivity index (χ0n) is 19.2. The normalized spacial score (nSPS) is 20.4. The van der Waals surface area contributed by atoms with Crippen LogP contribution < -0.4 is 21.3 Å². The molecule has 31 heavy (non-hydrogen) atoms. The molecular weight excluding hydrogens is 384 g/mol. The van der Waals surface area contributed by atoms with Crippen molar-refractivity contribution in [2.75, 3.05) is 77.8 Å². The molecule has 6 heteroatoms. The van der Waals surface area contributed by atoms with Gasteiger partial charge in [-0.25, -0.2) is 0 Å². The molecule has 2 aliphatic heterocycles. The Bertz CT molecular complexity index is 797. The van der Waals surface area contributed by atoms with Gasteiger partial charge in [0.05, 0.1) is 0 Å².